The van der Waals surface area contributed by atoms with Gasteiger partial charge in [-0.05, 0) is 164 Å². The van der Waals surface area contributed by atoms with Crippen LogP contribution in [0.5, 0.6) is 51.7 Å². The van der Waals surface area contributed by atoms with Gasteiger partial charge in [-0.15, -0.1) is 0 Å². The van der Waals surface area contributed by atoms with Gasteiger partial charge in [0.25, 0.3) is 5.97 Å². The first-order valence-electron chi connectivity index (χ1n) is 17.3. The molecule has 6 aromatic carbocycles. The van der Waals surface area contributed by atoms with Gasteiger partial charge in [0.15, 0.2) is 11.4 Å². The Morgan fingerprint density at radius 3 is 1.77 bits per heavy atom. The van der Waals surface area contributed by atoms with Gasteiger partial charge in [-0.3, -0.25) is 9.59 Å². The van der Waals surface area contributed by atoms with Crippen molar-refractivity contribution >= 4 is 143 Å². The predicted octanol–water partition coefficient (Wildman–Crippen LogP) is 14.3. The molecule has 18 heteroatoms. The highest BCUT2D eigenvalue weighted by atomic mass is 127. The second-order valence-electron chi connectivity index (χ2n) is 13.0. The molecule has 322 valence electrons. The molecule has 2 aliphatic heterocycles. The minimum atomic E-state index is -1.30. The summed E-state index contributed by atoms with van der Waals surface area (Å²) in [6.07, 6.45) is 0. The van der Waals surface area contributed by atoms with Crippen LogP contribution < -0.4 is 18.9 Å². The first kappa shape index (κ1) is 49.5. The number of fused-ring (bicyclic) bond motifs is 6. The molecule has 0 bridgehead atoms. The minimum absolute atomic E-state index is 0. The maximum Gasteiger partial charge on any atom is 0.340 e. The second kappa shape index (κ2) is 20.6. The number of aliphatic carboxylic acids is 1. The van der Waals surface area contributed by atoms with Crippen molar-refractivity contribution in [2.24, 2.45) is 0 Å². The summed E-state index contributed by atoms with van der Waals surface area (Å²) in [5, 5.41) is 27.7. The molecule has 3 N–H and O–H groups in total. The molecule has 62 heavy (non-hydrogen) atoms. The molecule has 2 heterocycles. The number of carboxylic acids is 1. The lowest BCUT2D eigenvalue weighted by Gasteiger charge is -2.37. The Kier molecular flexibility index (Phi) is 16.4. The number of phenolic OH excluding ortho intramolecular Hbond substituents is 2. The zero-order chi connectivity index (χ0) is 44.5. The number of carbonyl (C=O) groups excluding carboxylic acids is 2. The molecule has 0 fully saturated rings. The summed E-state index contributed by atoms with van der Waals surface area (Å²) in [6.45, 7) is 4.31. The number of carboxylic acid groups (broad SMARTS) is 1. The molecule has 6 aromatic rings. The van der Waals surface area contributed by atoms with Crippen molar-refractivity contribution in [1.29, 1.82) is 0 Å². The van der Waals surface area contributed by atoms with Gasteiger partial charge in [-0.25, -0.2) is 4.79 Å². The second-order valence-corrected chi connectivity index (χ2v) is 18.8. The Hall–Kier alpha value is -3.48. The number of hydrogen-bond acceptors (Lipinski definition) is 10. The summed E-state index contributed by atoms with van der Waals surface area (Å²) >= 11 is 27.5. The van der Waals surface area contributed by atoms with Crippen LogP contribution in [-0.4, -0.2) is 33.2 Å². The summed E-state index contributed by atoms with van der Waals surface area (Å²) in [7, 11) is 0. The van der Waals surface area contributed by atoms with Crippen LogP contribution >= 0.6 is 125 Å². The third-order valence-corrected chi connectivity index (χ3v) is 12.9. The van der Waals surface area contributed by atoms with E-state index < -0.39 is 23.5 Å². The number of phenols is 2. The summed E-state index contributed by atoms with van der Waals surface area (Å²) in [5.41, 5.74) is 1.82. The molecule has 0 aliphatic carbocycles. The Morgan fingerprint density at radius 2 is 1.19 bits per heavy atom. The van der Waals surface area contributed by atoms with Crippen molar-refractivity contribution in [2.45, 2.75) is 33.8 Å². The SMILES string of the molecule is C.CC(=O)O.CC(=O)Oc1c(I)cc(Oc2cc3c(cc2Cl)C2(OC(=O)c4ccccc42)c2cc(Cl)c(C)cc2O3)cc1I.Oc1ccc(Cl)c(Oc2cc(I)c(O)c(I)c2)c1. The highest BCUT2D eigenvalue weighted by Gasteiger charge is 2.54. The number of rotatable bonds is 5. The molecule has 1 atom stereocenters. The number of aromatic hydroxyl groups is 2. The quantitative estimate of drug-likeness (QED) is 0.0857. The van der Waals surface area contributed by atoms with Crippen molar-refractivity contribution in [3.63, 3.8) is 0 Å². The third-order valence-electron chi connectivity index (χ3n) is 8.62. The minimum Gasteiger partial charge on any atom is -0.508 e. The summed E-state index contributed by atoms with van der Waals surface area (Å²) in [5.74, 6) is 1.77. The number of esters is 2. The van der Waals surface area contributed by atoms with Crippen molar-refractivity contribution in [2.75, 3.05) is 0 Å². The molecule has 0 radical (unpaired) electrons. The fraction of sp³-hybridized carbons (Fsp3) is 0.114. The van der Waals surface area contributed by atoms with E-state index in [0.29, 0.717) is 86.8 Å². The number of aryl methyl sites for hydroxylation is 1. The van der Waals surface area contributed by atoms with Crippen LogP contribution in [0, 0.1) is 21.2 Å². The normalized spacial score (nSPS) is 13.9. The van der Waals surface area contributed by atoms with Crippen molar-refractivity contribution in [1.82, 2.24) is 0 Å². The molecule has 1 spiro atoms. The van der Waals surface area contributed by atoms with Crippen molar-refractivity contribution in [3.8, 4) is 51.7 Å². The van der Waals surface area contributed by atoms with E-state index in [2.05, 4.69) is 45.2 Å². The van der Waals surface area contributed by atoms with Crippen LogP contribution in [0.1, 0.15) is 53.9 Å². The van der Waals surface area contributed by atoms with Crippen LogP contribution in [-0.2, 0) is 19.9 Å². The van der Waals surface area contributed by atoms with E-state index in [4.69, 9.17) is 68.4 Å². The van der Waals surface area contributed by atoms with Gasteiger partial charge in [0.1, 0.15) is 46.0 Å². The van der Waals surface area contributed by atoms with E-state index in [1.807, 2.05) is 70.3 Å². The van der Waals surface area contributed by atoms with Crippen LogP contribution in [0.2, 0.25) is 15.1 Å². The van der Waals surface area contributed by atoms with E-state index in [0.717, 1.165) is 12.5 Å². The molecule has 11 nitrogen and oxygen atoms in total. The van der Waals surface area contributed by atoms with Crippen molar-refractivity contribution < 1.29 is 53.4 Å². The number of benzene rings is 6. The summed E-state index contributed by atoms with van der Waals surface area (Å²) in [6, 6.07) is 25.6. The lowest BCUT2D eigenvalue weighted by atomic mass is 9.77. The van der Waals surface area contributed by atoms with E-state index in [1.54, 1.807) is 60.7 Å². The van der Waals surface area contributed by atoms with Gasteiger partial charge in [-0.1, -0.05) is 60.4 Å². The Morgan fingerprint density at radius 1 is 0.677 bits per heavy atom. The molecule has 0 amide bonds. The van der Waals surface area contributed by atoms with Crippen LogP contribution in [0.4, 0.5) is 0 Å². The predicted molar refractivity (Wildman–Crippen MR) is 269 cm³/mol. The molecule has 0 saturated carbocycles. The number of halogens is 7. The molecular formula is C44H31Cl3I4O11. The zero-order valence-electron chi connectivity index (χ0n) is 31.4. The van der Waals surface area contributed by atoms with Crippen LogP contribution in [0.25, 0.3) is 0 Å². The fourth-order valence-electron chi connectivity index (χ4n) is 6.13. The first-order chi connectivity index (χ1) is 28.8. The van der Waals surface area contributed by atoms with Gasteiger partial charge in [0.2, 0.25) is 0 Å². The molecule has 2 aliphatic rings. The number of carbonyl (C=O) groups is 3. The zero-order valence-corrected chi connectivity index (χ0v) is 42.3. The lowest BCUT2D eigenvalue weighted by molar-refractivity contribution is -0.134. The molecule has 0 aromatic heterocycles. The topological polar surface area (TPSA) is 158 Å². The smallest absolute Gasteiger partial charge is 0.340 e. The number of ether oxygens (including phenoxy) is 5. The fourth-order valence-corrected chi connectivity index (χ4v) is 10.3. The van der Waals surface area contributed by atoms with E-state index >= 15 is 0 Å². The third kappa shape index (κ3) is 10.7. The Balaban J connectivity index is 0.000000264. The summed E-state index contributed by atoms with van der Waals surface area (Å²) in [4.78, 5) is 33.6. The maximum absolute atomic E-state index is 13.1. The van der Waals surface area contributed by atoms with Crippen LogP contribution in [0.15, 0.2) is 91.0 Å². The molecule has 0 saturated heterocycles. The average molecular weight is 1350 g/mol. The summed E-state index contributed by atoms with van der Waals surface area (Å²) < 4.78 is 32.4. The molecule has 8 rings (SSSR count). The van der Waals surface area contributed by atoms with E-state index in [1.165, 1.54) is 19.1 Å². The highest BCUT2D eigenvalue weighted by molar-refractivity contribution is 14.1. The highest BCUT2D eigenvalue weighted by Crippen LogP contribution is 2.58. The van der Waals surface area contributed by atoms with Crippen molar-refractivity contribution in [3.05, 3.63) is 148 Å². The van der Waals surface area contributed by atoms with Gasteiger partial charge < -0.3 is 39.0 Å². The van der Waals surface area contributed by atoms with E-state index in [9.17, 15) is 19.8 Å². The largest absolute Gasteiger partial charge is 0.508 e. The van der Waals surface area contributed by atoms with E-state index in [-0.39, 0.29) is 23.9 Å². The average Bonchev–Trinajstić information content (AvgIpc) is 3.47. The standard InChI is InChI=1S/C29H16Cl2I2O6.C12H7ClI2O3.C2H4O2.CH4/c1-13-7-24-18(10-20(13)30)29(17-6-4-3-5-16(17)28(35)39-29)19-11-21(31)26(12-25(19)38-24)37-15-8-22(32)27(23(33)9-15)36-14(2)34;13-8-2-1-6(16)3-11(8)18-7-4-9(14)12(17)10(15)5-7;1-2(3)4;/h3-12H,1-2H3;1-5,16-17H;1H3,(H,3,4);1H4. The number of hydrogen-bond donors (Lipinski definition) is 3. The Bertz CT molecular complexity index is 2720. The van der Waals surface area contributed by atoms with Gasteiger partial charge in [-0.2, -0.15) is 0 Å². The first-order valence-corrected chi connectivity index (χ1v) is 22.8. The maximum atomic E-state index is 13.1. The molecular weight excluding hydrogens is 1320 g/mol. The lowest BCUT2D eigenvalue weighted by Crippen LogP contribution is -2.33. The van der Waals surface area contributed by atoms with Gasteiger partial charge >= 0.3 is 11.9 Å². The van der Waals surface area contributed by atoms with Gasteiger partial charge in [0.05, 0.1) is 29.9 Å². The Labute approximate surface area is 425 Å². The van der Waals surface area contributed by atoms with Gasteiger partial charge in [0, 0.05) is 47.7 Å². The molecule has 1 unspecified atom stereocenters. The monoisotopic (exact) mass is 1350 g/mol. The van der Waals surface area contributed by atoms with Crippen LogP contribution in [0.3, 0.4) is 0 Å².